The van der Waals surface area contributed by atoms with Crippen molar-refractivity contribution in [1.82, 2.24) is 19.7 Å². The van der Waals surface area contributed by atoms with Crippen molar-refractivity contribution in [2.75, 3.05) is 44.7 Å². The first kappa shape index (κ1) is 31.2. The fraction of sp³-hybridized carbons (Fsp3) is 0.429. The molecule has 0 bridgehead atoms. The molecule has 5 rings (SSSR count). The number of pyridine rings is 1. The summed E-state index contributed by atoms with van der Waals surface area (Å²) in [7, 11) is 2.04. The fourth-order valence-corrected chi connectivity index (χ4v) is 5.87. The Hall–Kier alpha value is -4.24. The first-order chi connectivity index (χ1) is 21.1. The molecule has 2 fully saturated rings. The number of carbonyl (C=O) groups is 3. The number of likely N-dealkylation sites (N-methyl/N-ethyl adjacent to an activating group) is 1. The number of piperazine rings is 1. The van der Waals surface area contributed by atoms with Crippen molar-refractivity contribution in [3.8, 4) is 0 Å². The molecule has 3 amide bonds. The Labute approximate surface area is 260 Å². The highest BCUT2D eigenvalue weighted by molar-refractivity contribution is 6.04. The maximum atomic E-state index is 14.7. The van der Waals surface area contributed by atoms with Crippen LogP contribution in [-0.2, 0) is 26.3 Å². The van der Waals surface area contributed by atoms with Gasteiger partial charge in [-0.1, -0.05) is 69.3 Å². The Morgan fingerprint density at radius 2 is 1.64 bits per heavy atom. The van der Waals surface area contributed by atoms with Crippen LogP contribution in [0, 0.1) is 0 Å². The zero-order chi connectivity index (χ0) is 31.3. The average Bonchev–Trinajstić information content (AvgIpc) is 3.53. The van der Waals surface area contributed by atoms with Gasteiger partial charge in [0, 0.05) is 56.4 Å². The summed E-state index contributed by atoms with van der Waals surface area (Å²) in [4.78, 5) is 54.0. The second-order valence-electron chi connectivity index (χ2n) is 12.7. The van der Waals surface area contributed by atoms with Gasteiger partial charge in [0.25, 0.3) is 11.8 Å². The number of nitrogens with zero attached hydrogens (tertiary/aromatic N) is 5. The highest BCUT2D eigenvalue weighted by Crippen LogP contribution is 2.34. The Bertz CT molecular complexity index is 1420. The molecule has 2 aromatic carbocycles. The lowest BCUT2D eigenvalue weighted by Gasteiger charge is -2.39. The lowest BCUT2D eigenvalue weighted by atomic mass is 9.87. The van der Waals surface area contributed by atoms with E-state index in [0.717, 1.165) is 24.2 Å². The summed E-state index contributed by atoms with van der Waals surface area (Å²) < 4.78 is 5.66. The molecular weight excluding hydrogens is 554 g/mol. The Morgan fingerprint density at radius 3 is 2.27 bits per heavy atom. The summed E-state index contributed by atoms with van der Waals surface area (Å²) in [5.74, 6) is -0.463. The predicted octanol–water partition coefficient (Wildman–Crippen LogP) is 5.03. The van der Waals surface area contributed by atoms with E-state index in [0.29, 0.717) is 43.7 Å². The smallest absolute Gasteiger partial charge is 0.410 e. The minimum Gasteiger partial charge on any atom is -0.445 e. The molecule has 0 radical (unpaired) electrons. The quantitative estimate of drug-likeness (QED) is 0.380. The molecule has 2 saturated heterocycles. The van der Waals surface area contributed by atoms with Gasteiger partial charge in [0.05, 0.1) is 0 Å². The fourth-order valence-electron chi connectivity index (χ4n) is 5.87. The van der Waals surface area contributed by atoms with E-state index in [9.17, 15) is 14.4 Å². The normalized spacial score (nSPS) is 18.1. The highest BCUT2D eigenvalue weighted by atomic mass is 16.6. The first-order valence-corrected chi connectivity index (χ1v) is 15.4. The van der Waals surface area contributed by atoms with Gasteiger partial charge in [-0.25, -0.2) is 4.79 Å². The molecule has 3 heterocycles. The molecule has 1 unspecified atom stereocenters. The van der Waals surface area contributed by atoms with Crippen LogP contribution < -0.4 is 4.90 Å². The van der Waals surface area contributed by atoms with Crippen molar-refractivity contribution in [3.63, 3.8) is 0 Å². The summed E-state index contributed by atoms with van der Waals surface area (Å²) in [5.41, 5.74) is 3.13. The molecule has 44 heavy (non-hydrogen) atoms. The van der Waals surface area contributed by atoms with Gasteiger partial charge in [-0.15, -0.1) is 0 Å². The summed E-state index contributed by atoms with van der Waals surface area (Å²) in [6.45, 7) is 9.58. The molecule has 0 saturated carbocycles. The van der Waals surface area contributed by atoms with Crippen LogP contribution in [-0.4, -0.2) is 83.4 Å². The van der Waals surface area contributed by atoms with Crippen molar-refractivity contribution in [1.29, 1.82) is 0 Å². The number of carbonyl (C=O) groups excluding carboxylic acids is 3. The topological polar surface area (TPSA) is 86.3 Å². The second kappa shape index (κ2) is 13.6. The van der Waals surface area contributed by atoms with Crippen molar-refractivity contribution in [3.05, 3.63) is 95.8 Å². The van der Waals surface area contributed by atoms with E-state index in [2.05, 4.69) is 30.7 Å². The van der Waals surface area contributed by atoms with E-state index in [-0.39, 0.29) is 23.8 Å². The lowest BCUT2D eigenvalue weighted by Crippen LogP contribution is -2.55. The number of aromatic nitrogens is 1. The molecule has 1 aromatic heterocycles. The first-order valence-electron chi connectivity index (χ1n) is 15.4. The number of anilines is 1. The molecule has 0 N–H and O–H groups in total. The van der Waals surface area contributed by atoms with Gasteiger partial charge in [-0.05, 0) is 54.6 Å². The van der Waals surface area contributed by atoms with Crippen LogP contribution in [0.2, 0.25) is 0 Å². The third-order valence-electron chi connectivity index (χ3n) is 8.53. The predicted molar refractivity (Wildman–Crippen MR) is 170 cm³/mol. The summed E-state index contributed by atoms with van der Waals surface area (Å²) >= 11 is 0. The van der Waals surface area contributed by atoms with Crippen LogP contribution in [0.15, 0.2) is 79.1 Å². The van der Waals surface area contributed by atoms with Gasteiger partial charge in [-0.2, -0.15) is 0 Å². The molecule has 0 spiro atoms. The third-order valence-corrected chi connectivity index (χ3v) is 8.53. The van der Waals surface area contributed by atoms with Crippen LogP contribution in [0.3, 0.4) is 0 Å². The number of rotatable bonds is 7. The molecule has 9 nitrogen and oxygen atoms in total. The SMILES string of the molecule is CN1CCN(C(=O)C(c2cccnc2)N(C(=O)[C@H]2CCCN2C(=O)OCc2ccccc2)c2ccc(C(C)(C)C)cc2)CC1. The summed E-state index contributed by atoms with van der Waals surface area (Å²) in [6, 6.07) is 19.2. The number of benzene rings is 2. The van der Waals surface area contributed by atoms with E-state index in [4.69, 9.17) is 4.74 Å². The minimum absolute atomic E-state index is 0.0868. The number of hydrogen-bond acceptors (Lipinski definition) is 6. The average molecular weight is 598 g/mol. The molecule has 232 valence electrons. The molecule has 2 aliphatic heterocycles. The number of likely N-dealkylation sites (tertiary alicyclic amines) is 1. The van der Waals surface area contributed by atoms with Crippen LogP contribution >= 0.6 is 0 Å². The monoisotopic (exact) mass is 597 g/mol. The second-order valence-corrected chi connectivity index (χ2v) is 12.7. The van der Waals surface area contributed by atoms with Gasteiger partial charge in [0.2, 0.25) is 0 Å². The Balaban J connectivity index is 1.51. The number of hydrogen-bond donors (Lipinski definition) is 0. The van der Waals surface area contributed by atoms with Gasteiger partial charge in [0.15, 0.2) is 0 Å². The highest BCUT2D eigenvalue weighted by Gasteiger charge is 2.43. The summed E-state index contributed by atoms with van der Waals surface area (Å²) in [5, 5.41) is 0. The standard InChI is InChI=1S/C35H43N5O4/c1-35(2,3)28-14-16-29(17-15-28)40(31(27-12-8-18-36-24-27)33(42)38-22-20-37(4)21-23-38)32(41)30-13-9-19-39(30)34(43)44-25-26-10-6-5-7-11-26/h5-8,10-12,14-18,24,30-31H,9,13,19-23,25H2,1-4H3/t30-,31?/m1/s1. The molecule has 0 aliphatic carbocycles. The van der Waals surface area contributed by atoms with Crippen molar-refractivity contribution >= 4 is 23.6 Å². The largest absolute Gasteiger partial charge is 0.445 e. The van der Waals surface area contributed by atoms with Gasteiger partial charge in [-0.3, -0.25) is 24.4 Å². The number of amides is 3. The summed E-state index contributed by atoms with van der Waals surface area (Å²) in [6.07, 6.45) is 3.93. The zero-order valence-electron chi connectivity index (χ0n) is 26.2. The van der Waals surface area contributed by atoms with Crippen LogP contribution in [0.5, 0.6) is 0 Å². The molecular formula is C35H43N5O4. The Kier molecular flexibility index (Phi) is 9.64. The Morgan fingerprint density at radius 1 is 0.932 bits per heavy atom. The maximum Gasteiger partial charge on any atom is 0.410 e. The van der Waals surface area contributed by atoms with Crippen molar-refractivity contribution < 1.29 is 19.1 Å². The van der Waals surface area contributed by atoms with E-state index in [1.165, 1.54) is 4.90 Å². The van der Waals surface area contributed by atoms with Crippen LogP contribution in [0.25, 0.3) is 0 Å². The van der Waals surface area contributed by atoms with Gasteiger partial charge < -0.3 is 14.5 Å². The van der Waals surface area contributed by atoms with E-state index >= 15 is 0 Å². The zero-order valence-corrected chi connectivity index (χ0v) is 26.2. The maximum absolute atomic E-state index is 14.7. The van der Waals surface area contributed by atoms with E-state index in [1.807, 2.05) is 72.6 Å². The third kappa shape index (κ3) is 7.10. The van der Waals surface area contributed by atoms with Crippen molar-refractivity contribution in [2.24, 2.45) is 0 Å². The molecule has 2 atom stereocenters. The molecule has 9 heteroatoms. The van der Waals surface area contributed by atoms with Gasteiger partial charge >= 0.3 is 6.09 Å². The minimum atomic E-state index is -0.942. The van der Waals surface area contributed by atoms with E-state index in [1.54, 1.807) is 23.4 Å². The molecule has 2 aliphatic rings. The van der Waals surface area contributed by atoms with Crippen LogP contribution in [0.4, 0.5) is 10.5 Å². The molecule has 3 aromatic rings. The van der Waals surface area contributed by atoms with E-state index < -0.39 is 18.2 Å². The van der Waals surface area contributed by atoms with Crippen molar-refractivity contribution in [2.45, 2.75) is 57.7 Å². The number of ether oxygens (including phenoxy) is 1. The van der Waals surface area contributed by atoms with Crippen LogP contribution in [0.1, 0.15) is 56.3 Å². The van der Waals surface area contributed by atoms with Gasteiger partial charge in [0.1, 0.15) is 18.7 Å². The lowest BCUT2D eigenvalue weighted by molar-refractivity contribution is -0.136.